The number of rotatable bonds is 12. The van der Waals surface area contributed by atoms with Gasteiger partial charge in [0.15, 0.2) is 0 Å². The van der Waals surface area contributed by atoms with E-state index in [1.807, 2.05) is 0 Å². The number of carbonyl (C=O) groups is 1. The summed E-state index contributed by atoms with van der Waals surface area (Å²) in [6, 6.07) is 0. The molecule has 0 aromatic carbocycles. The molecule has 0 amide bonds. The molecule has 0 aliphatic rings. The predicted molar refractivity (Wildman–Crippen MR) is 65.5 cm³/mol. The van der Waals surface area contributed by atoms with Crippen molar-refractivity contribution in [2.75, 3.05) is 32.7 Å². The number of hydrogen-bond acceptors (Lipinski definition) is 4. The van der Waals surface area contributed by atoms with Crippen molar-refractivity contribution < 1.29 is 27.0 Å². The molecule has 0 heterocycles. The van der Waals surface area contributed by atoms with E-state index in [1.165, 1.54) is 0 Å². The molecule has 0 aliphatic heterocycles. The molecule has 0 aliphatic carbocycles. The van der Waals surface area contributed by atoms with E-state index in [-0.39, 0.29) is 17.1 Å². The Labute approximate surface area is 114 Å². The van der Waals surface area contributed by atoms with Crippen molar-refractivity contribution in [2.24, 2.45) is 5.73 Å². The SMILES string of the molecule is NCCNCCNCCCCCCC(=O)O.[Fe]. The first-order valence-corrected chi connectivity index (χ1v) is 6.10. The molecule has 0 saturated heterocycles. The molecule has 0 unspecified atom stereocenters. The van der Waals surface area contributed by atoms with Gasteiger partial charge >= 0.3 is 5.97 Å². The van der Waals surface area contributed by atoms with E-state index >= 15 is 0 Å². The molecule has 0 atom stereocenters. The Kier molecular flexibility index (Phi) is 17.9. The van der Waals surface area contributed by atoms with Crippen LogP contribution in [0.4, 0.5) is 0 Å². The average molecular weight is 287 g/mol. The van der Waals surface area contributed by atoms with Crippen LogP contribution in [0, 0.1) is 0 Å². The van der Waals surface area contributed by atoms with Crippen molar-refractivity contribution >= 4 is 5.97 Å². The summed E-state index contributed by atoms with van der Waals surface area (Å²) < 4.78 is 0. The van der Waals surface area contributed by atoms with Crippen molar-refractivity contribution in [3.8, 4) is 0 Å². The fourth-order valence-corrected chi connectivity index (χ4v) is 1.41. The molecule has 104 valence electrons. The Morgan fingerprint density at radius 2 is 1.53 bits per heavy atom. The predicted octanol–water partition coefficient (Wildman–Crippen LogP) is 0.157. The summed E-state index contributed by atoms with van der Waals surface area (Å²) in [5, 5.41) is 15.0. The third-order valence-corrected chi connectivity index (χ3v) is 2.29. The topological polar surface area (TPSA) is 87.4 Å². The maximum absolute atomic E-state index is 10.2. The van der Waals surface area contributed by atoms with E-state index in [2.05, 4.69) is 10.6 Å². The Morgan fingerprint density at radius 1 is 0.941 bits per heavy atom. The number of carboxylic acid groups (broad SMARTS) is 1. The van der Waals surface area contributed by atoms with E-state index in [0.717, 1.165) is 51.9 Å². The van der Waals surface area contributed by atoms with Crippen LogP contribution in [0.15, 0.2) is 0 Å². The van der Waals surface area contributed by atoms with Gasteiger partial charge in [-0.15, -0.1) is 0 Å². The summed E-state index contributed by atoms with van der Waals surface area (Å²) in [5.74, 6) is -0.691. The van der Waals surface area contributed by atoms with Crippen LogP contribution in [0.2, 0.25) is 0 Å². The van der Waals surface area contributed by atoms with Gasteiger partial charge in [0.1, 0.15) is 0 Å². The summed E-state index contributed by atoms with van der Waals surface area (Å²) in [6.07, 6.45) is 4.34. The molecule has 0 fully saturated rings. The maximum atomic E-state index is 10.2. The first-order valence-electron chi connectivity index (χ1n) is 6.10. The van der Waals surface area contributed by atoms with E-state index in [4.69, 9.17) is 10.8 Å². The van der Waals surface area contributed by atoms with Gasteiger partial charge < -0.3 is 21.5 Å². The van der Waals surface area contributed by atoms with Crippen LogP contribution < -0.4 is 16.4 Å². The zero-order valence-corrected chi connectivity index (χ0v) is 11.5. The molecular formula is C11H25FeN3O2. The van der Waals surface area contributed by atoms with Crippen LogP contribution >= 0.6 is 0 Å². The minimum Gasteiger partial charge on any atom is -0.481 e. The molecule has 6 heteroatoms. The van der Waals surface area contributed by atoms with Gasteiger partial charge in [-0.25, -0.2) is 0 Å². The van der Waals surface area contributed by atoms with Gasteiger partial charge in [0.2, 0.25) is 0 Å². The minimum absolute atomic E-state index is 0. The molecule has 5 nitrogen and oxygen atoms in total. The molecule has 0 aromatic heterocycles. The second kappa shape index (κ2) is 15.9. The summed E-state index contributed by atoms with van der Waals surface area (Å²) in [5.41, 5.74) is 5.33. The molecular weight excluding hydrogens is 262 g/mol. The molecule has 0 rings (SSSR count). The van der Waals surface area contributed by atoms with Gasteiger partial charge in [0.25, 0.3) is 0 Å². The standard InChI is InChI=1S/C11H25N3O2.Fe/c12-6-8-14-10-9-13-7-4-2-1-3-5-11(15)16;/h13-14H,1-10,12H2,(H,15,16);. The van der Waals surface area contributed by atoms with E-state index in [1.54, 1.807) is 0 Å². The van der Waals surface area contributed by atoms with E-state index in [0.29, 0.717) is 13.0 Å². The minimum atomic E-state index is -0.691. The number of nitrogens with two attached hydrogens (primary N) is 1. The van der Waals surface area contributed by atoms with Crippen LogP contribution in [0.1, 0.15) is 32.1 Å². The van der Waals surface area contributed by atoms with Crippen molar-refractivity contribution in [1.82, 2.24) is 10.6 Å². The quantitative estimate of drug-likeness (QED) is 0.303. The largest absolute Gasteiger partial charge is 0.481 e. The van der Waals surface area contributed by atoms with Gasteiger partial charge in [0.05, 0.1) is 0 Å². The molecule has 17 heavy (non-hydrogen) atoms. The smallest absolute Gasteiger partial charge is 0.303 e. The number of unbranched alkanes of at least 4 members (excludes halogenated alkanes) is 3. The number of carboxylic acids is 1. The second-order valence-electron chi connectivity index (χ2n) is 3.85. The number of aliphatic carboxylic acids is 1. The summed E-state index contributed by atoms with van der Waals surface area (Å²) in [4.78, 5) is 10.2. The summed E-state index contributed by atoms with van der Waals surface area (Å²) >= 11 is 0. The number of nitrogens with one attached hydrogen (secondary N) is 2. The summed E-state index contributed by atoms with van der Waals surface area (Å²) in [6.45, 7) is 4.49. The molecule has 0 aromatic rings. The molecule has 0 bridgehead atoms. The fourth-order valence-electron chi connectivity index (χ4n) is 1.41. The first-order chi connectivity index (χ1) is 7.77. The van der Waals surface area contributed by atoms with Crippen molar-refractivity contribution in [2.45, 2.75) is 32.1 Å². The zero-order valence-electron chi connectivity index (χ0n) is 10.4. The van der Waals surface area contributed by atoms with Crippen molar-refractivity contribution in [3.63, 3.8) is 0 Å². The van der Waals surface area contributed by atoms with Gasteiger partial charge in [-0.3, -0.25) is 4.79 Å². The monoisotopic (exact) mass is 287 g/mol. The third-order valence-electron chi connectivity index (χ3n) is 2.29. The first kappa shape index (κ1) is 19.2. The Balaban J connectivity index is 0. The van der Waals surface area contributed by atoms with Crippen LogP contribution in [-0.2, 0) is 21.9 Å². The average Bonchev–Trinajstić information content (AvgIpc) is 2.25. The van der Waals surface area contributed by atoms with E-state index in [9.17, 15) is 4.79 Å². The van der Waals surface area contributed by atoms with Crippen LogP contribution in [0.25, 0.3) is 0 Å². The van der Waals surface area contributed by atoms with Gasteiger partial charge in [-0.2, -0.15) is 0 Å². The van der Waals surface area contributed by atoms with E-state index < -0.39 is 5.97 Å². The molecule has 5 N–H and O–H groups in total. The van der Waals surface area contributed by atoms with Crippen molar-refractivity contribution in [3.05, 3.63) is 0 Å². The Morgan fingerprint density at radius 3 is 2.12 bits per heavy atom. The maximum Gasteiger partial charge on any atom is 0.303 e. The van der Waals surface area contributed by atoms with Crippen LogP contribution in [0.5, 0.6) is 0 Å². The van der Waals surface area contributed by atoms with Gasteiger partial charge in [-0.05, 0) is 19.4 Å². The second-order valence-corrected chi connectivity index (χ2v) is 3.85. The zero-order chi connectivity index (χ0) is 12.1. The third kappa shape index (κ3) is 18.4. The Bertz CT molecular complexity index is 171. The Hall–Kier alpha value is -0.131. The summed E-state index contributed by atoms with van der Waals surface area (Å²) in [7, 11) is 0. The fraction of sp³-hybridized carbons (Fsp3) is 0.909. The number of hydrogen-bond donors (Lipinski definition) is 4. The van der Waals surface area contributed by atoms with Gasteiger partial charge in [-0.1, -0.05) is 12.8 Å². The van der Waals surface area contributed by atoms with Gasteiger partial charge in [0, 0.05) is 49.7 Å². The molecule has 0 spiro atoms. The molecule has 0 saturated carbocycles. The molecule has 0 radical (unpaired) electrons. The van der Waals surface area contributed by atoms with Crippen LogP contribution in [0.3, 0.4) is 0 Å². The van der Waals surface area contributed by atoms with Crippen LogP contribution in [-0.4, -0.2) is 43.8 Å². The normalized spacial score (nSPS) is 9.94. The van der Waals surface area contributed by atoms with Crippen molar-refractivity contribution in [1.29, 1.82) is 0 Å².